The molecule has 1 atom stereocenters. The lowest BCUT2D eigenvalue weighted by molar-refractivity contribution is -0.127. The average Bonchev–Trinajstić information content (AvgIpc) is 3.33. The van der Waals surface area contributed by atoms with Crippen molar-refractivity contribution in [1.29, 1.82) is 0 Å². The number of guanidine groups is 1. The molecule has 1 aliphatic rings. The Kier molecular flexibility index (Phi) is 10.8. The van der Waals surface area contributed by atoms with E-state index in [4.69, 9.17) is 0 Å². The fraction of sp³-hybridized carbons (Fsp3) is 0.440. The molecule has 0 radical (unpaired) electrons. The summed E-state index contributed by atoms with van der Waals surface area (Å²) in [6, 6.07) is 19.1. The van der Waals surface area contributed by atoms with Crippen molar-refractivity contribution in [2.75, 3.05) is 45.2 Å². The maximum absolute atomic E-state index is 12.0. The molecule has 0 aromatic heterocycles. The maximum atomic E-state index is 12.0. The van der Waals surface area contributed by atoms with Gasteiger partial charge in [0.25, 0.3) is 0 Å². The molecule has 1 saturated heterocycles. The highest BCUT2D eigenvalue weighted by atomic mass is 127. The molecule has 6 nitrogen and oxygen atoms in total. The summed E-state index contributed by atoms with van der Waals surface area (Å²) in [5.74, 6) is 0.637. The van der Waals surface area contributed by atoms with Gasteiger partial charge in [-0.05, 0) is 49.4 Å². The summed E-state index contributed by atoms with van der Waals surface area (Å²) in [6.45, 7) is 5.25. The molecule has 32 heavy (non-hydrogen) atoms. The van der Waals surface area contributed by atoms with Gasteiger partial charge in [-0.15, -0.1) is 24.0 Å². The summed E-state index contributed by atoms with van der Waals surface area (Å²) in [6.07, 6.45) is 3.42. The zero-order valence-corrected chi connectivity index (χ0v) is 21.7. The quantitative estimate of drug-likeness (QED) is 0.299. The molecule has 2 aromatic carbocycles. The molecule has 7 heteroatoms. The van der Waals surface area contributed by atoms with Crippen molar-refractivity contribution in [3.8, 4) is 0 Å². The fourth-order valence-electron chi connectivity index (χ4n) is 3.67. The lowest BCUT2D eigenvalue weighted by Crippen LogP contribution is -2.40. The Morgan fingerprint density at radius 3 is 2.50 bits per heavy atom. The van der Waals surface area contributed by atoms with Gasteiger partial charge in [0, 0.05) is 39.4 Å². The number of likely N-dealkylation sites (N-methyl/N-ethyl adjacent to an activating group) is 1. The van der Waals surface area contributed by atoms with Crippen molar-refractivity contribution >= 4 is 41.5 Å². The maximum Gasteiger partial charge on any atom is 0.243 e. The predicted molar refractivity (Wildman–Crippen MR) is 144 cm³/mol. The largest absolute Gasteiger partial charge is 0.372 e. The van der Waals surface area contributed by atoms with E-state index in [0.717, 1.165) is 26.1 Å². The number of carbonyl (C=O) groups excluding carboxylic acids is 1. The third-order valence-electron chi connectivity index (χ3n) is 5.61. The summed E-state index contributed by atoms with van der Waals surface area (Å²) >= 11 is 0. The molecule has 1 heterocycles. The van der Waals surface area contributed by atoms with Crippen LogP contribution in [0.1, 0.15) is 36.9 Å². The lowest BCUT2D eigenvalue weighted by atomic mass is 10.1. The van der Waals surface area contributed by atoms with Gasteiger partial charge >= 0.3 is 0 Å². The van der Waals surface area contributed by atoms with Crippen LogP contribution in [0.2, 0.25) is 0 Å². The van der Waals surface area contributed by atoms with E-state index in [-0.39, 0.29) is 42.5 Å². The third kappa shape index (κ3) is 8.00. The zero-order valence-electron chi connectivity index (χ0n) is 19.4. The number of amides is 1. The van der Waals surface area contributed by atoms with Crippen molar-refractivity contribution in [1.82, 2.24) is 15.5 Å². The van der Waals surface area contributed by atoms with Gasteiger partial charge < -0.3 is 20.4 Å². The second-order valence-electron chi connectivity index (χ2n) is 8.27. The number of hydrogen-bond acceptors (Lipinski definition) is 3. The SMILES string of the molecule is CC(NC(=NCC(=O)N(C)C)NCCc1ccccc1)c1cccc(N2CCCC2)c1.I. The molecule has 174 valence electrons. The van der Waals surface area contributed by atoms with Crippen LogP contribution < -0.4 is 15.5 Å². The molecule has 2 aromatic rings. The fourth-order valence-corrected chi connectivity index (χ4v) is 3.67. The van der Waals surface area contributed by atoms with Gasteiger partial charge in [0.2, 0.25) is 5.91 Å². The van der Waals surface area contributed by atoms with Crippen LogP contribution in [0.3, 0.4) is 0 Å². The summed E-state index contributed by atoms with van der Waals surface area (Å²) in [5.41, 5.74) is 3.76. The van der Waals surface area contributed by atoms with Gasteiger partial charge in [-0.3, -0.25) is 4.79 Å². The van der Waals surface area contributed by atoms with E-state index in [2.05, 4.69) is 63.8 Å². The number of anilines is 1. The van der Waals surface area contributed by atoms with E-state index in [9.17, 15) is 4.79 Å². The molecular formula is C25H36IN5O. The minimum Gasteiger partial charge on any atom is -0.372 e. The van der Waals surface area contributed by atoms with Crippen molar-refractivity contribution in [3.63, 3.8) is 0 Å². The molecule has 1 fully saturated rings. The van der Waals surface area contributed by atoms with E-state index in [0.29, 0.717) is 5.96 Å². The smallest absolute Gasteiger partial charge is 0.243 e. The van der Waals surface area contributed by atoms with E-state index in [1.165, 1.54) is 29.7 Å². The first-order valence-electron chi connectivity index (χ1n) is 11.2. The lowest BCUT2D eigenvalue weighted by Gasteiger charge is -2.22. The third-order valence-corrected chi connectivity index (χ3v) is 5.61. The predicted octanol–water partition coefficient (Wildman–Crippen LogP) is 3.83. The van der Waals surface area contributed by atoms with Crippen LogP contribution >= 0.6 is 24.0 Å². The topological polar surface area (TPSA) is 60.0 Å². The van der Waals surface area contributed by atoms with Crippen molar-refractivity contribution in [2.24, 2.45) is 4.99 Å². The minimum absolute atomic E-state index is 0. The van der Waals surface area contributed by atoms with Crippen molar-refractivity contribution < 1.29 is 4.79 Å². The van der Waals surface area contributed by atoms with Gasteiger partial charge in [-0.2, -0.15) is 0 Å². The Hall–Kier alpha value is -2.29. The van der Waals surface area contributed by atoms with Crippen LogP contribution in [0.4, 0.5) is 5.69 Å². The molecule has 0 aliphatic carbocycles. The van der Waals surface area contributed by atoms with E-state index in [1.54, 1.807) is 19.0 Å². The van der Waals surface area contributed by atoms with Crippen molar-refractivity contribution in [2.45, 2.75) is 32.2 Å². The Bertz CT molecular complexity index is 866. The van der Waals surface area contributed by atoms with Gasteiger partial charge in [-0.1, -0.05) is 42.5 Å². The highest BCUT2D eigenvalue weighted by molar-refractivity contribution is 14.0. The summed E-state index contributed by atoms with van der Waals surface area (Å²) in [7, 11) is 3.50. The normalized spacial score (nSPS) is 14.5. The molecule has 3 rings (SSSR count). The number of carbonyl (C=O) groups is 1. The van der Waals surface area contributed by atoms with Crippen LogP contribution in [0.15, 0.2) is 59.6 Å². The first-order chi connectivity index (χ1) is 15.0. The van der Waals surface area contributed by atoms with E-state index < -0.39 is 0 Å². The molecule has 1 amide bonds. The average molecular weight is 550 g/mol. The highest BCUT2D eigenvalue weighted by Gasteiger charge is 2.15. The molecule has 1 unspecified atom stereocenters. The van der Waals surface area contributed by atoms with E-state index in [1.807, 2.05) is 18.2 Å². The van der Waals surface area contributed by atoms with Gasteiger partial charge in [0.15, 0.2) is 5.96 Å². The van der Waals surface area contributed by atoms with Crippen LogP contribution in [0.5, 0.6) is 0 Å². The Balaban J connectivity index is 0.00000363. The summed E-state index contributed by atoms with van der Waals surface area (Å²) in [5, 5.41) is 6.87. The van der Waals surface area contributed by atoms with Crippen LogP contribution in [-0.2, 0) is 11.2 Å². The number of nitrogens with zero attached hydrogens (tertiary/aromatic N) is 3. The standard InChI is InChI=1S/C25H35N5O.HI/c1-20(22-12-9-13-23(18-22)30-16-7-8-17-30)28-25(27-19-24(31)29(2)3)26-15-14-21-10-5-4-6-11-21;/h4-6,9-13,18,20H,7-8,14-17,19H2,1-3H3,(H2,26,27,28);1H. The van der Waals surface area contributed by atoms with Crippen LogP contribution in [0, 0.1) is 0 Å². The summed E-state index contributed by atoms with van der Waals surface area (Å²) < 4.78 is 0. The Morgan fingerprint density at radius 1 is 1.09 bits per heavy atom. The molecule has 1 aliphatic heterocycles. The number of aliphatic imine (C=N–C) groups is 1. The van der Waals surface area contributed by atoms with Gasteiger partial charge in [0.05, 0.1) is 6.04 Å². The number of rotatable bonds is 8. The van der Waals surface area contributed by atoms with Gasteiger partial charge in [-0.25, -0.2) is 4.99 Å². The molecule has 2 N–H and O–H groups in total. The Morgan fingerprint density at radius 2 is 1.81 bits per heavy atom. The minimum atomic E-state index is -0.0205. The molecule has 0 spiro atoms. The highest BCUT2D eigenvalue weighted by Crippen LogP contribution is 2.23. The number of halogens is 1. The van der Waals surface area contributed by atoms with Gasteiger partial charge in [0.1, 0.15) is 6.54 Å². The molecule has 0 saturated carbocycles. The number of hydrogen-bond donors (Lipinski definition) is 2. The monoisotopic (exact) mass is 549 g/mol. The summed E-state index contributed by atoms with van der Waals surface area (Å²) in [4.78, 5) is 20.6. The molecular weight excluding hydrogens is 513 g/mol. The number of nitrogens with one attached hydrogen (secondary N) is 2. The second kappa shape index (κ2) is 13.3. The first-order valence-corrected chi connectivity index (χ1v) is 11.2. The van der Waals surface area contributed by atoms with Crippen LogP contribution in [-0.4, -0.2) is 57.0 Å². The molecule has 0 bridgehead atoms. The number of benzene rings is 2. The van der Waals surface area contributed by atoms with Crippen LogP contribution in [0.25, 0.3) is 0 Å². The first kappa shape index (κ1) is 26.0. The van der Waals surface area contributed by atoms with Crippen molar-refractivity contribution in [3.05, 3.63) is 65.7 Å². The second-order valence-corrected chi connectivity index (χ2v) is 8.27. The van der Waals surface area contributed by atoms with E-state index >= 15 is 0 Å². The Labute approximate surface area is 209 Å². The zero-order chi connectivity index (χ0) is 22.1.